The quantitative estimate of drug-likeness (QED) is 0.173. The lowest BCUT2D eigenvalue weighted by molar-refractivity contribution is 0.669. The number of pyridine rings is 1. The van der Waals surface area contributed by atoms with Crippen molar-refractivity contribution in [3.05, 3.63) is 198 Å². The molecule has 52 heavy (non-hydrogen) atoms. The van der Waals surface area contributed by atoms with Crippen LogP contribution in [0.25, 0.3) is 88.3 Å². The maximum atomic E-state index is 6.60. The Hall–Kier alpha value is -6.77. The third kappa shape index (κ3) is 3.51. The predicted octanol–water partition coefficient (Wildman–Crippen LogP) is 13.0. The lowest BCUT2D eigenvalue weighted by Gasteiger charge is -2.30. The highest BCUT2D eigenvalue weighted by Crippen LogP contribution is 2.63. The van der Waals surface area contributed by atoms with Crippen molar-refractivity contribution in [1.82, 2.24) is 4.98 Å². The molecule has 10 aromatic rings. The van der Waals surface area contributed by atoms with Gasteiger partial charge in [-0.3, -0.25) is 0 Å². The highest BCUT2D eigenvalue weighted by Gasteiger charge is 2.51. The van der Waals surface area contributed by atoms with Crippen molar-refractivity contribution in [2.75, 3.05) is 0 Å². The standard InChI is InChI=1S/C50H29NO/c1-2-12-30(13-3-1)49-38-25-27-46-48(47(38)37-17-7-11-21-44(37)51-49)39-28-31(23-26-45(39)52-46)32-22-24-36-35-16-6-10-20-42(35)50(43(36)29-32)40-18-8-4-14-33(40)34-15-5-9-19-41(34)50/h1-29H. The average Bonchev–Trinajstić information content (AvgIpc) is 3.84. The Bertz CT molecular complexity index is 3070. The van der Waals surface area contributed by atoms with Gasteiger partial charge >= 0.3 is 0 Å². The zero-order chi connectivity index (χ0) is 34.0. The van der Waals surface area contributed by atoms with Crippen LogP contribution in [0.15, 0.2) is 180 Å². The lowest BCUT2D eigenvalue weighted by Crippen LogP contribution is -2.25. The van der Waals surface area contributed by atoms with Crippen LogP contribution in [0.1, 0.15) is 22.3 Å². The Morgan fingerprint density at radius 2 is 0.942 bits per heavy atom. The molecule has 0 saturated heterocycles. The molecule has 0 radical (unpaired) electrons. The summed E-state index contributed by atoms with van der Waals surface area (Å²) in [6, 6.07) is 64.1. The first-order valence-electron chi connectivity index (χ1n) is 18.0. The normalized spacial score (nSPS) is 13.5. The highest BCUT2D eigenvalue weighted by atomic mass is 16.3. The summed E-state index contributed by atoms with van der Waals surface area (Å²) in [5.41, 5.74) is 17.5. The number of hydrogen-bond acceptors (Lipinski definition) is 2. The number of aromatic nitrogens is 1. The Kier molecular flexibility index (Phi) is 5.46. The SMILES string of the molecule is c1ccc(-c2nc3ccccc3c3c2ccc2oc4ccc(-c5ccc6c(c5)C5(c7ccccc7-c7ccccc75)c5ccccc5-6)cc4c23)cc1. The second kappa shape index (κ2) is 10.2. The summed E-state index contributed by atoms with van der Waals surface area (Å²) >= 11 is 0. The second-order valence-corrected chi connectivity index (χ2v) is 14.2. The molecule has 2 aliphatic carbocycles. The topological polar surface area (TPSA) is 26.0 Å². The molecule has 0 N–H and O–H groups in total. The first-order valence-corrected chi connectivity index (χ1v) is 18.0. The monoisotopic (exact) mass is 659 g/mol. The molecule has 2 nitrogen and oxygen atoms in total. The molecule has 0 unspecified atom stereocenters. The van der Waals surface area contributed by atoms with Gasteiger partial charge in [0.2, 0.25) is 0 Å². The van der Waals surface area contributed by atoms with Gasteiger partial charge in [-0.1, -0.05) is 140 Å². The van der Waals surface area contributed by atoms with Crippen LogP contribution in [0.5, 0.6) is 0 Å². The van der Waals surface area contributed by atoms with E-state index in [-0.39, 0.29) is 5.41 Å². The third-order valence-corrected chi connectivity index (χ3v) is 11.7. The maximum Gasteiger partial charge on any atom is 0.136 e. The Labute approximate surface area is 300 Å². The first kappa shape index (κ1) is 28.0. The summed E-state index contributed by atoms with van der Waals surface area (Å²) in [5, 5.41) is 5.69. The maximum absolute atomic E-state index is 6.60. The minimum absolute atomic E-state index is 0.377. The van der Waals surface area contributed by atoms with Crippen molar-refractivity contribution in [2.45, 2.75) is 5.41 Å². The molecule has 240 valence electrons. The molecule has 2 aromatic heterocycles. The van der Waals surface area contributed by atoms with Gasteiger partial charge in [0.15, 0.2) is 0 Å². The van der Waals surface area contributed by atoms with E-state index in [1.807, 2.05) is 0 Å². The van der Waals surface area contributed by atoms with Crippen LogP contribution in [-0.2, 0) is 5.41 Å². The molecular formula is C50H29NO. The van der Waals surface area contributed by atoms with Crippen molar-refractivity contribution >= 4 is 43.6 Å². The lowest BCUT2D eigenvalue weighted by atomic mass is 9.70. The van der Waals surface area contributed by atoms with E-state index in [9.17, 15) is 0 Å². The van der Waals surface area contributed by atoms with Gasteiger partial charge < -0.3 is 4.42 Å². The Balaban J connectivity index is 1.13. The van der Waals surface area contributed by atoms with Crippen molar-refractivity contribution in [3.8, 4) is 44.6 Å². The van der Waals surface area contributed by atoms with Crippen molar-refractivity contribution in [3.63, 3.8) is 0 Å². The Morgan fingerprint density at radius 3 is 1.67 bits per heavy atom. The van der Waals surface area contributed by atoms with E-state index >= 15 is 0 Å². The van der Waals surface area contributed by atoms with Gasteiger partial charge in [0.05, 0.1) is 16.6 Å². The number of furan rings is 1. The van der Waals surface area contributed by atoms with Crippen LogP contribution in [0.2, 0.25) is 0 Å². The minimum atomic E-state index is -0.377. The van der Waals surface area contributed by atoms with Crippen LogP contribution >= 0.6 is 0 Å². The molecule has 12 rings (SSSR count). The molecule has 1 spiro atoms. The van der Waals surface area contributed by atoms with Crippen LogP contribution < -0.4 is 0 Å². The summed E-state index contributed by atoms with van der Waals surface area (Å²) in [7, 11) is 0. The van der Waals surface area contributed by atoms with E-state index in [1.165, 1.54) is 61.0 Å². The summed E-state index contributed by atoms with van der Waals surface area (Å²) in [5.74, 6) is 0. The fraction of sp³-hybridized carbons (Fsp3) is 0.0200. The number of hydrogen-bond donors (Lipinski definition) is 0. The van der Waals surface area contributed by atoms with Gasteiger partial charge in [0.1, 0.15) is 11.2 Å². The van der Waals surface area contributed by atoms with E-state index in [0.717, 1.165) is 49.5 Å². The second-order valence-electron chi connectivity index (χ2n) is 14.2. The molecule has 2 heteroatoms. The number of para-hydroxylation sites is 1. The predicted molar refractivity (Wildman–Crippen MR) is 214 cm³/mol. The summed E-state index contributed by atoms with van der Waals surface area (Å²) in [6.07, 6.45) is 0. The fourth-order valence-corrected chi connectivity index (χ4v) is 9.58. The van der Waals surface area contributed by atoms with E-state index in [0.29, 0.717) is 0 Å². The minimum Gasteiger partial charge on any atom is -0.456 e. The molecule has 2 aliphatic rings. The Morgan fingerprint density at radius 1 is 0.365 bits per heavy atom. The van der Waals surface area contributed by atoms with E-state index in [4.69, 9.17) is 9.40 Å². The van der Waals surface area contributed by atoms with Crippen LogP contribution in [0.4, 0.5) is 0 Å². The van der Waals surface area contributed by atoms with Crippen LogP contribution in [0, 0.1) is 0 Å². The van der Waals surface area contributed by atoms with Gasteiger partial charge in [-0.25, -0.2) is 4.98 Å². The number of benzene rings is 8. The zero-order valence-electron chi connectivity index (χ0n) is 28.1. The molecule has 0 saturated carbocycles. The van der Waals surface area contributed by atoms with Crippen molar-refractivity contribution in [1.29, 1.82) is 0 Å². The summed E-state index contributed by atoms with van der Waals surface area (Å²) in [6.45, 7) is 0. The molecule has 0 aliphatic heterocycles. The van der Waals surface area contributed by atoms with Crippen molar-refractivity contribution < 1.29 is 4.42 Å². The zero-order valence-corrected chi connectivity index (χ0v) is 28.1. The fourth-order valence-electron chi connectivity index (χ4n) is 9.58. The summed E-state index contributed by atoms with van der Waals surface area (Å²) < 4.78 is 6.60. The van der Waals surface area contributed by atoms with Crippen molar-refractivity contribution in [2.24, 2.45) is 0 Å². The smallest absolute Gasteiger partial charge is 0.136 e. The highest BCUT2D eigenvalue weighted by molar-refractivity contribution is 6.28. The number of fused-ring (bicyclic) bond motifs is 17. The van der Waals surface area contributed by atoms with Gasteiger partial charge in [-0.15, -0.1) is 0 Å². The first-order chi connectivity index (χ1) is 25.8. The molecule has 0 bridgehead atoms. The largest absolute Gasteiger partial charge is 0.456 e. The van der Waals surface area contributed by atoms with E-state index in [2.05, 4.69) is 176 Å². The number of nitrogens with zero attached hydrogens (tertiary/aromatic N) is 1. The molecule has 0 amide bonds. The molecule has 0 atom stereocenters. The van der Waals surface area contributed by atoms with Crippen LogP contribution in [0.3, 0.4) is 0 Å². The van der Waals surface area contributed by atoms with Crippen LogP contribution in [-0.4, -0.2) is 4.98 Å². The van der Waals surface area contributed by atoms with Gasteiger partial charge in [-0.05, 0) is 92.0 Å². The third-order valence-electron chi connectivity index (χ3n) is 11.7. The molecular weight excluding hydrogens is 631 g/mol. The van der Waals surface area contributed by atoms with E-state index in [1.54, 1.807) is 0 Å². The molecule has 0 fully saturated rings. The van der Waals surface area contributed by atoms with E-state index < -0.39 is 0 Å². The molecule has 8 aromatic carbocycles. The molecule has 2 heterocycles. The summed E-state index contributed by atoms with van der Waals surface area (Å²) in [4.78, 5) is 5.20. The van der Waals surface area contributed by atoms with Gasteiger partial charge in [-0.2, -0.15) is 0 Å². The van der Waals surface area contributed by atoms with Gasteiger partial charge in [0, 0.05) is 32.5 Å². The van der Waals surface area contributed by atoms with Gasteiger partial charge in [0.25, 0.3) is 0 Å². The number of rotatable bonds is 2. The average molecular weight is 660 g/mol.